The van der Waals surface area contributed by atoms with Gasteiger partial charge in [0.25, 0.3) is 0 Å². The summed E-state index contributed by atoms with van der Waals surface area (Å²) in [5.74, 6) is -0.993. The number of hydrogen-bond donors (Lipinski definition) is 0. The van der Waals surface area contributed by atoms with E-state index >= 15 is 0 Å². The first-order valence-corrected chi connectivity index (χ1v) is 25.7. The van der Waals surface area contributed by atoms with Crippen molar-refractivity contribution in [2.24, 2.45) is 0 Å². The Morgan fingerprint density at radius 3 is 1.10 bits per heavy atom. The minimum absolute atomic E-state index is 0.106. The molecule has 6 nitrogen and oxygen atoms in total. The number of hydrogen-bond acceptors (Lipinski definition) is 6. The molecule has 0 aliphatic heterocycles. The van der Waals surface area contributed by atoms with E-state index in [2.05, 4.69) is 118 Å². The molecular weight excluding hydrogens is 781 g/mol. The Bertz CT molecular complexity index is 1280. The molecule has 1 atom stereocenters. The highest BCUT2D eigenvalue weighted by Crippen LogP contribution is 2.13. The van der Waals surface area contributed by atoms with Crippen molar-refractivity contribution >= 4 is 17.9 Å². The van der Waals surface area contributed by atoms with Crippen LogP contribution < -0.4 is 0 Å². The Kier molecular flexibility index (Phi) is 48.0. The predicted molar refractivity (Wildman–Crippen MR) is 270 cm³/mol. The number of carbonyl (C=O) groups is 3. The van der Waals surface area contributed by atoms with Gasteiger partial charge in [0.1, 0.15) is 13.2 Å². The Balaban J connectivity index is 4.52. The summed E-state index contributed by atoms with van der Waals surface area (Å²) in [7, 11) is 0. The predicted octanol–water partition coefficient (Wildman–Crippen LogP) is 17.0. The van der Waals surface area contributed by atoms with Gasteiger partial charge in [-0.15, -0.1) is 0 Å². The second-order valence-electron chi connectivity index (χ2n) is 16.7. The maximum atomic E-state index is 12.8. The van der Waals surface area contributed by atoms with Gasteiger partial charge < -0.3 is 14.2 Å². The van der Waals surface area contributed by atoms with Gasteiger partial charge in [-0.25, -0.2) is 0 Å². The maximum Gasteiger partial charge on any atom is 0.306 e. The zero-order valence-electron chi connectivity index (χ0n) is 40.8. The van der Waals surface area contributed by atoms with Crippen molar-refractivity contribution in [2.75, 3.05) is 13.2 Å². The van der Waals surface area contributed by atoms with Crippen LogP contribution in [-0.4, -0.2) is 37.2 Å². The smallest absolute Gasteiger partial charge is 0.306 e. The zero-order chi connectivity index (χ0) is 45.8. The molecule has 0 aliphatic carbocycles. The van der Waals surface area contributed by atoms with Crippen molar-refractivity contribution in [2.45, 2.75) is 232 Å². The summed E-state index contributed by atoms with van der Waals surface area (Å²) in [4.78, 5) is 38.0. The highest BCUT2D eigenvalue weighted by atomic mass is 16.6. The quantitative estimate of drug-likeness (QED) is 0.0262. The van der Waals surface area contributed by atoms with Crippen molar-refractivity contribution in [3.05, 3.63) is 97.2 Å². The van der Waals surface area contributed by atoms with Crippen molar-refractivity contribution in [1.82, 2.24) is 0 Å². The monoisotopic (exact) mass is 875 g/mol. The molecule has 0 spiro atoms. The normalized spacial score (nSPS) is 12.9. The summed E-state index contributed by atoms with van der Waals surface area (Å²) in [6, 6.07) is 0. The van der Waals surface area contributed by atoms with Gasteiger partial charge in [0.2, 0.25) is 0 Å². The third kappa shape index (κ3) is 49.2. The summed E-state index contributed by atoms with van der Waals surface area (Å²) in [6.45, 7) is 6.39. The van der Waals surface area contributed by atoms with E-state index in [-0.39, 0.29) is 37.5 Å². The van der Waals surface area contributed by atoms with Crippen LogP contribution in [0.1, 0.15) is 226 Å². The second-order valence-corrected chi connectivity index (χ2v) is 16.7. The number of unbranched alkanes of at least 4 members (excludes halogenated alkanes) is 18. The molecule has 0 amide bonds. The molecule has 0 aliphatic rings. The van der Waals surface area contributed by atoms with Crippen LogP contribution in [0.25, 0.3) is 0 Å². The van der Waals surface area contributed by atoms with Crippen LogP contribution in [-0.2, 0) is 28.6 Å². The Hall–Kier alpha value is -3.67. The molecule has 0 N–H and O–H groups in total. The lowest BCUT2D eigenvalue weighted by atomic mass is 10.1. The first-order chi connectivity index (χ1) is 31.0. The number of allylic oxidation sites excluding steroid dienone is 16. The van der Waals surface area contributed by atoms with E-state index in [0.29, 0.717) is 19.3 Å². The fraction of sp³-hybridized carbons (Fsp3) is 0.667. The number of ether oxygens (including phenoxy) is 3. The van der Waals surface area contributed by atoms with Crippen molar-refractivity contribution in [3.63, 3.8) is 0 Å². The van der Waals surface area contributed by atoms with Crippen LogP contribution >= 0.6 is 0 Å². The van der Waals surface area contributed by atoms with Crippen LogP contribution in [0.15, 0.2) is 97.2 Å². The summed E-state index contributed by atoms with van der Waals surface area (Å²) in [5.41, 5.74) is 0. The average molecular weight is 875 g/mol. The van der Waals surface area contributed by atoms with Crippen molar-refractivity contribution < 1.29 is 28.6 Å². The lowest BCUT2D eigenvalue weighted by Crippen LogP contribution is -2.30. The standard InChI is InChI=1S/C57H94O6/c1-4-7-10-13-16-19-22-25-28-29-30-33-35-38-41-44-47-50-56(59)62-53-54(63-57(60)51-48-45-42-39-36-32-27-24-21-18-15-12-9-6-3)52-61-55(58)49-46-43-40-37-34-31-26-23-20-17-14-11-8-5-2/h7,10,15-16,18-19,23-28,30,33,38,41,54H,4-6,8-9,11-14,17,20-22,29,31-32,34-37,39-40,42-53H2,1-3H3/b10-7-,18-15-,19-16-,26-23-,27-24-,28-25-,33-30-,41-38-/t54-/m1/s1. The van der Waals surface area contributed by atoms with Crippen LogP contribution in [0.3, 0.4) is 0 Å². The molecule has 0 aromatic rings. The molecule has 0 fully saturated rings. The SMILES string of the molecule is CC/C=C\C/C=C\C/C=C\C/C=C\C/C=C\CCCC(=O)OC[C@@H](COC(=O)CCCCCCC/C=C\CCCCCCC)OC(=O)CCCCCCC/C=C\C/C=C\CCCC. The Morgan fingerprint density at radius 2 is 0.651 bits per heavy atom. The van der Waals surface area contributed by atoms with Gasteiger partial charge in [-0.3, -0.25) is 14.4 Å². The minimum atomic E-state index is -0.811. The summed E-state index contributed by atoms with van der Waals surface area (Å²) in [6.07, 6.45) is 66.8. The maximum absolute atomic E-state index is 12.8. The molecule has 358 valence electrons. The highest BCUT2D eigenvalue weighted by molar-refractivity contribution is 5.71. The molecule has 63 heavy (non-hydrogen) atoms. The summed E-state index contributed by atoms with van der Waals surface area (Å²) >= 11 is 0. The van der Waals surface area contributed by atoms with E-state index in [0.717, 1.165) is 116 Å². The molecule has 0 radical (unpaired) electrons. The first kappa shape index (κ1) is 59.3. The van der Waals surface area contributed by atoms with Gasteiger partial charge in [-0.1, -0.05) is 195 Å². The second kappa shape index (κ2) is 51.0. The third-order valence-corrected chi connectivity index (χ3v) is 10.5. The van der Waals surface area contributed by atoms with Gasteiger partial charge in [-0.05, 0) is 109 Å². The van der Waals surface area contributed by atoms with Gasteiger partial charge in [0.05, 0.1) is 0 Å². The Labute approximate surface area is 387 Å². The third-order valence-electron chi connectivity index (χ3n) is 10.5. The van der Waals surface area contributed by atoms with Crippen LogP contribution in [0.2, 0.25) is 0 Å². The number of carbonyl (C=O) groups excluding carboxylic acids is 3. The van der Waals surface area contributed by atoms with E-state index in [4.69, 9.17) is 14.2 Å². The molecule has 0 rings (SSSR count). The number of esters is 3. The van der Waals surface area contributed by atoms with Gasteiger partial charge in [-0.2, -0.15) is 0 Å². The minimum Gasteiger partial charge on any atom is -0.462 e. The number of rotatable bonds is 45. The average Bonchev–Trinajstić information content (AvgIpc) is 3.28. The fourth-order valence-electron chi connectivity index (χ4n) is 6.66. The lowest BCUT2D eigenvalue weighted by Gasteiger charge is -2.18. The Morgan fingerprint density at radius 1 is 0.333 bits per heavy atom. The van der Waals surface area contributed by atoms with Crippen molar-refractivity contribution in [1.29, 1.82) is 0 Å². The molecule has 0 unspecified atom stereocenters. The fourth-order valence-corrected chi connectivity index (χ4v) is 6.66. The molecule has 0 saturated carbocycles. The van der Waals surface area contributed by atoms with E-state index in [1.54, 1.807) is 0 Å². The summed E-state index contributed by atoms with van der Waals surface area (Å²) in [5, 5.41) is 0. The van der Waals surface area contributed by atoms with Gasteiger partial charge >= 0.3 is 17.9 Å². The van der Waals surface area contributed by atoms with Crippen LogP contribution in [0.4, 0.5) is 0 Å². The molecular formula is C57H94O6. The highest BCUT2D eigenvalue weighted by Gasteiger charge is 2.19. The van der Waals surface area contributed by atoms with Gasteiger partial charge in [0.15, 0.2) is 6.10 Å². The molecule has 0 aromatic carbocycles. The molecule has 0 heterocycles. The summed E-state index contributed by atoms with van der Waals surface area (Å²) < 4.78 is 16.7. The lowest BCUT2D eigenvalue weighted by molar-refractivity contribution is -0.167. The van der Waals surface area contributed by atoms with E-state index in [1.807, 2.05) is 0 Å². The first-order valence-electron chi connectivity index (χ1n) is 25.7. The van der Waals surface area contributed by atoms with E-state index < -0.39 is 6.10 Å². The molecule has 0 bridgehead atoms. The topological polar surface area (TPSA) is 78.9 Å². The van der Waals surface area contributed by atoms with Crippen LogP contribution in [0.5, 0.6) is 0 Å². The van der Waals surface area contributed by atoms with Crippen molar-refractivity contribution in [3.8, 4) is 0 Å². The van der Waals surface area contributed by atoms with E-state index in [9.17, 15) is 14.4 Å². The van der Waals surface area contributed by atoms with Gasteiger partial charge in [0, 0.05) is 19.3 Å². The van der Waals surface area contributed by atoms with E-state index in [1.165, 1.54) is 64.2 Å². The molecule has 0 aromatic heterocycles. The zero-order valence-corrected chi connectivity index (χ0v) is 40.8. The largest absolute Gasteiger partial charge is 0.462 e. The van der Waals surface area contributed by atoms with Crippen LogP contribution in [0, 0.1) is 0 Å². The molecule has 0 saturated heterocycles. The molecule has 6 heteroatoms.